The highest BCUT2D eigenvalue weighted by Gasteiger charge is 2.63. The molecule has 1 atom stereocenters. The van der Waals surface area contributed by atoms with E-state index in [1.54, 1.807) is 12.1 Å². The lowest BCUT2D eigenvalue weighted by Gasteiger charge is -2.32. The third-order valence-corrected chi connectivity index (χ3v) is 3.96. The summed E-state index contributed by atoms with van der Waals surface area (Å²) >= 11 is 0. The number of hydrogen-bond donors (Lipinski definition) is 1. The van der Waals surface area contributed by atoms with Gasteiger partial charge in [0.1, 0.15) is 5.75 Å². The summed E-state index contributed by atoms with van der Waals surface area (Å²) < 4.78 is 45.7. The second-order valence-electron chi connectivity index (χ2n) is 5.62. The number of hydrazone groups is 1. The Hall–Kier alpha value is -2.94. The molecule has 0 spiro atoms. The standard InChI is InChI=1S/C17H14F3N3O3/c1-26-13-4-2-3-12(9-13)14-10-16(25,17(18,19)20)23(22-14)15(24)11-5-7-21-8-6-11/h2-9,25H,10H2,1H3/t16-/m0/s1. The van der Waals surface area contributed by atoms with Crippen LogP contribution in [-0.4, -0.2) is 45.7 Å². The van der Waals surface area contributed by atoms with Gasteiger partial charge in [-0.1, -0.05) is 12.1 Å². The first-order chi connectivity index (χ1) is 12.3. The number of carbonyl (C=O) groups excluding carboxylic acids is 1. The zero-order valence-electron chi connectivity index (χ0n) is 13.6. The lowest BCUT2D eigenvalue weighted by molar-refractivity contribution is -0.297. The number of nitrogens with zero attached hydrogens (tertiary/aromatic N) is 3. The molecule has 2 aromatic rings. The first-order valence-electron chi connectivity index (χ1n) is 7.52. The maximum atomic E-state index is 13.6. The zero-order valence-corrected chi connectivity index (χ0v) is 13.6. The van der Waals surface area contributed by atoms with Gasteiger partial charge in [0.2, 0.25) is 0 Å². The lowest BCUT2D eigenvalue weighted by Crippen LogP contribution is -2.56. The molecular weight excluding hydrogens is 351 g/mol. The third kappa shape index (κ3) is 3.01. The summed E-state index contributed by atoms with van der Waals surface area (Å²) in [5.74, 6) is -0.662. The van der Waals surface area contributed by atoms with Crippen LogP contribution in [0.5, 0.6) is 5.75 Å². The van der Waals surface area contributed by atoms with E-state index in [-0.39, 0.29) is 16.3 Å². The highest BCUT2D eigenvalue weighted by atomic mass is 19.4. The van der Waals surface area contributed by atoms with E-state index in [4.69, 9.17) is 4.74 Å². The van der Waals surface area contributed by atoms with Gasteiger partial charge in [0.25, 0.3) is 11.6 Å². The van der Waals surface area contributed by atoms with Crippen LogP contribution in [-0.2, 0) is 0 Å². The van der Waals surface area contributed by atoms with Crippen LogP contribution in [0.25, 0.3) is 0 Å². The molecule has 9 heteroatoms. The van der Waals surface area contributed by atoms with Gasteiger partial charge in [-0.15, -0.1) is 0 Å². The molecule has 0 fully saturated rings. The summed E-state index contributed by atoms with van der Waals surface area (Å²) in [7, 11) is 1.42. The number of carbonyl (C=O) groups is 1. The normalized spacial score (nSPS) is 20.0. The van der Waals surface area contributed by atoms with Gasteiger partial charge in [0.15, 0.2) is 0 Å². The Bertz CT molecular complexity index is 855. The molecule has 136 valence electrons. The minimum absolute atomic E-state index is 0.0710. The predicted molar refractivity (Wildman–Crippen MR) is 85.6 cm³/mol. The van der Waals surface area contributed by atoms with E-state index in [0.717, 1.165) is 0 Å². The minimum atomic E-state index is -5.10. The van der Waals surface area contributed by atoms with E-state index >= 15 is 0 Å². The van der Waals surface area contributed by atoms with E-state index in [2.05, 4.69) is 10.1 Å². The smallest absolute Gasteiger partial charge is 0.438 e. The number of methoxy groups -OCH3 is 1. The Morgan fingerprint density at radius 1 is 1.27 bits per heavy atom. The summed E-state index contributed by atoms with van der Waals surface area (Å²) in [6.45, 7) is 0. The van der Waals surface area contributed by atoms with E-state index in [1.807, 2.05) is 0 Å². The SMILES string of the molecule is COc1cccc(C2=NN(C(=O)c3ccncc3)[C@@](O)(C(F)(F)F)C2)c1. The van der Waals surface area contributed by atoms with Crippen LogP contribution in [0.1, 0.15) is 22.3 Å². The highest BCUT2D eigenvalue weighted by molar-refractivity contribution is 6.05. The molecule has 1 aromatic heterocycles. The van der Waals surface area contributed by atoms with Gasteiger partial charge in [-0.05, 0) is 24.3 Å². The number of pyridine rings is 1. The quantitative estimate of drug-likeness (QED) is 0.907. The summed E-state index contributed by atoms with van der Waals surface area (Å²) in [6.07, 6.45) is -3.45. The van der Waals surface area contributed by atoms with Crippen LogP contribution in [0.3, 0.4) is 0 Å². The fourth-order valence-electron chi connectivity index (χ4n) is 2.56. The fourth-order valence-corrected chi connectivity index (χ4v) is 2.56. The van der Waals surface area contributed by atoms with Gasteiger partial charge in [-0.2, -0.15) is 23.3 Å². The second-order valence-corrected chi connectivity index (χ2v) is 5.62. The maximum absolute atomic E-state index is 13.6. The van der Waals surface area contributed by atoms with Crippen molar-refractivity contribution in [1.29, 1.82) is 0 Å². The molecule has 2 heterocycles. The summed E-state index contributed by atoms with van der Waals surface area (Å²) in [4.78, 5) is 16.2. The van der Waals surface area contributed by atoms with E-state index in [1.165, 1.54) is 43.8 Å². The summed E-state index contributed by atoms with van der Waals surface area (Å²) in [5, 5.41) is 14.2. The Labute approximate surface area is 146 Å². The van der Waals surface area contributed by atoms with Gasteiger partial charge < -0.3 is 9.84 Å². The Kier molecular flexibility index (Phi) is 4.41. The molecule has 1 aliphatic rings. The number of aliphatic hydroxyl groups is 1. The zero-order chi connectivity index (χ0) is 18.9. The molecule has 0 aliphatic carbocycles. The fraction of sp³-hybridized carbons (Fsp3) is 0.235. The van der Waals surface area contributed by atoms with Crippen molar-refractivity contribution in [1.82, 2.24) is 9.99 Å². The number of amides is 1. The van der Waals surface area contributed by atoms with Crippen LogP contribution in [0.4, 0.5) is 13.2 Å². The van der Waals surface area contributed by atoms with Gasteiger partial charge in [0.05, 0.1) is 19.2 Å². The second kappa shape index (κ2) is 6.41. The van der Waals surface area contributed by atoms with Gasteiger partial charge in [-0.3, -0.25) is 9.78 Å². The molecule has 0 saturated heterocycles. The van der Waals surface area contributed by atoms with Crippen molar-refractivity contribution in [3.8, 4) is 5.75 Å². The van der Waals surface area contributed by atoms with Crippen molar-refractivity contribution in [2.45, 2.75) is 18.3 Å². The molecule has 1 amide bonds. The number of alkyl halides is 3. The molecule has 26 heavy (non-hydrogen) atoms. The number of aromatic nitrogens is 1. The molecule has 0 bridgehead atoms. The maximum Gasteiger partial charge on any atom is 0.438 e. The average Bonchev–Trinajstić information content (AvgIpc) is 3.01. The van der Waals surface area contributed by atoms with Gasteiger partial charge in [-0.25, -0.2) is 0 Å². The van der Waals surface area contributed by atoms with Crippen molar-refractivity contribution in [3.63, 3.8) is 0 Å². The summed E-state index contributed by atoms with van der Waals surface area (Å²) in [6, 6.07) is 8.70. The molecule has 3 rings (SSSR count). The van der Waals surface area contributed by atoms with Crippen molar-refractivity contribution in [3.05, 3.63) is 59.9 Å². The number of halogens is 3. The third-order valence-electron chi connectivity index (χ3n) is 3.96. The van der Waals surface area contributed by atoms with Crippen LogP contribution in [0.2, 0.25) is 0 Å². The van der Waals surface area contributed by atoms with Gasteiger partial charge in [0, 0.05) is 23.5 Å². The molecule has 0 unspecified atom stereocenters. The van der Waals surface area contributed by atoms with Crippen LogP contribution in [0.15, 0.2) is 53.9 Å². The largest absolute Gasteiger partial charge is 0.497 e. The van der Waals surface area contributed by atoms with Crippen LogP contribution < -0.4 is 4.74 Å². The number of hydrogen-bond acceptors (Lipinski definition) is 5. The first kappa shape index (κ1) is 17.9. The molecule has 1 N–H and O–H groups in total. The minimum Gasteiger partial charge on any atom is -0.497 e. The number of benzene rings is 1. The van der Waals surface area contributed by atoms with Crippen molar-refractivity contribution >= 4 is 11.6 Å². The molecule has 0 radical (unpaired) electrons. The van der Waals surface area contributed by atoms with Crippen LogP contribution >= 0.6 is 0 Å². The lowest BCUT2D eigenvalue weighted by atomic mass is 10.0. The molecule has 1 aliphatic heterocycles. The Morgan fingerprint density at radius 3 is 2.58 bits per heavy atom. The van der Waals surface area contributed by atoms with Gasteiger partial charge >= 0.3 is 6.18 Å². The van der Waals surface area contributed by atoms with E-state index in [0.29, 0.717) is 11.3 Å². The average molecular weight is 365 g/mol. The van der Waals surface area contributed by atoms with Crippen molar-refractivity contribution < 1.29 is 27.8 Å². The Morgan fingerprint density at radius 2 is 1.96 bits per heavy atom. The monoisotopic (exact) mass is 365 g/mol. The van der Waals surface area contributed by atoms with Crippen LogP contribution in [0, 0.1) is 0 Å². The topological polar surface area (TPSA) is 75.0 Å². The summed E-state index contributed by atoms with van der Waals surface area (Å²) in [5.41, 5.74) is -3.27. The molecule has 0 saturated carbocycles. The van der Waals surface area contributed by atoms with Crippen molar-refractivity contribution in [2.24, 2.45) is 5.10 Å². The molecule has 1 aromatic carbocycles. The number of ether oxygens (including phenoxy) is 1. The Balaban J connectivity index is 2.05. The first-order valence-corrected chi connectivity index (χ1v) is 7.52. The highest BCUT2D eigenvalue weighted by Crippen LogP contribution is 2.42. The molecular formula is C17H14F3N3O3. The predicted octanol–water partition coefficient (Wildman–Crippen LogP) is 2.59. The molecule has 6 nitrogen and oxygen atoms in total. The van der Waals surface area contributed by atoms with Crippen molar-refractivity contribution in [2.75, 3.05) is 7.11 Å². The number of rotatable bonds is 3. The van der Waals surface area contributed by atoms with E-state index in [9.17, 15) is 23.1 Å². The van der Waals surface area contributed by atoms with E-state index < -0.39 is 24.2 Å².